The quantitative estimate of drug-likeness (QED) is 0.761. The fraction of sp³-hybridized carbons (Fsp3) is 0.222. The lowest BCUT2D eigenvalue weighted by atomic mass is 10.2. The molecule has 0 spiro atoms. The first-order valence-corrected chi connectivity index (χ1v) is 4.37. The van der Waals surface area contributed by atoms with E-state index in [-0.39, 0.29) is 5.56 Å². The van der Waals surface area contributed by atoms with Crippen molar-refractivity contribution in [3.8, 4) is 11.4 Å². The van der Waals surface area contributed by atoms with Crippen LogP contribution in [0.25, 0.3) is 11.4 Å². The fourth-order valence-corrected chi connectivity index (χ4v) is 1.49. The largest absolute Gasteiger partial charge is 0.478 e. The van der Waals surface area contributed by atoms with E-state index in [1.165, 1.54) is 6.20 Å². The third kappa shape index (κ3) is 1.50. The van der Waals surface area contributed by atoms with Gasteiger partial charge in [0.1, 0.15) is 5.56 Å². The van der Waals surface area contributed by atoms with E-state index in [9.17, 15) is 4.79 Å². The van der Waals surface area contributed by atoms with Gasteiger partial charge in [0.25, 0.3) is 0 Å². The topological polar surface area (TPSA) is 83.8 Å². The van der Waals surface area contributed by atoms with Crippen LogP contribution in [0.3, 0.4) is 0 Å². The Balaban J connectivity index is 2.58. The molecule has 0 aliphatic carbocycles. The maximum absolute atomic E-state index is 10.9. The van der Waals surface area contributed by atoms with Crippen molar-refractivity contribution in [2.75, 3.05) is 0 Å². The SMILES string of the molecule is Cc1cc(-c2[nH]ncc2C(=O)O)n(C)n1. The summed E-state index contributed by atoms with van der Waals surface area (Å²) in [6.45, 7) is 1.85. The molecule has 6 heteroatoms. The first-order chi connectivity index (χ1) is 7.09. The van der Waals surface area contributed by atoms with E-state index in [2.05, 4.69) is 15.3 Å². The van der Waals surface area contributed by atoms with Crippen LogP contribution in [0.4, 0.5) is 0 Å². The van der Waals surface area contributed by atoms with Crippen molar-refractivity contribution in [3.05, 3.63) is 23.5 Å². The van der Waals surface area contributed by atoms with E-state index in [1.807, 2.05) is 6.92 Å². The lowest BCUT2D eigenvalue weighted by Crippen LogP contribution is -2.00. The Morgan fingerprint density at radius 3 is 2.87 bits per heavy atom. The number of carbonyl (C=O) groups is 1. The second kappa shape index (κ2) is 3.23. The number of aromatic nitrogens is 4. The number of rotatable bonds is 2. The highest BCUT2D eigenvalue weighted by atomic mass is 16.4. The number of nitrogens with zero attached hydrogens (tertiary/aromatic N) is 3. The molecule has 0 saturated carbocycles. The van der Waals surface area contributed by atoms with Crippen molar-refractivity contribution in [3.63, 3.8) is 0 Å². The van der Waals surface area contributed by atoms with Gasteiger partial charge in [-0.15, -0.1) is 0 Å². The van der Waals surface area contributed by atoms with E-state index in [0.717, 1.165) is 5.69 Å². The van der Waals surface area contributed by atoms with Gasteiger partial charge < -0.3 is 5.11 Å². The van der Waals surface area contributed by atoms with Crippen molar-refractivity contribution in [2.45, 2.75) is 6.92 Å². The van der Waals surface area contributed by atoms with Gasteiger partial charge in [-0.3, -0.25) is 9.78 Å². The highest BCUT2D eigenvalue weighted by molar-refractivity contribution is 5.94. The van der Waals surface area contributed by atoms with Crippen molar-refractivity contribution in [1.82, 2.24) is 20.0 Å². The van der Waals surface area contributed by atoms with Crippen LogP contribution in [0.1, 0.15) is 16.1 Å². The van der Waals surface area contributed by atoms with Crippen LogP contribution in [0.5, 0.6) is 0 Å². The average molecular weight is 206 g/mol. The highest BCUT2D eigenvalue weighted by Crippen LogP contribution is 2.21. The Labute approximate surface area is 85.5 Å². The van der Waals surface area contributed by atoms with E-state index in [1.54, 1.807) is 17.8 Å². The summed E-state index contributed by atoms with van der Waals surface area (Å²) in [5, 5.41) is 19.5. The molecule has 78 valence electrons. The second-order valence-corrected chi connectivity index (χ2v) is 3.26. The van der Waals surface area contributed by atoms with Crippen molar-refractivity contribution in [1.29, 1.82) is 0 Å². The zero-order valence-corrected chi connectivity index (χ0v) is 8.35. The molecule has 0 saturated heterocycles. The number of aryl methyl sites for hydroxylation is 2. The average Bonchev–Trinajstić information content (AvgIpc) is 2.71. The smallest absolute Gasteiger partial charge is 0.339 e. The zero-order valence-electron chi connectivity index (χ0n) is 8.35. The molecule has 2 rings (SSSR count). The van der Waals surface area contributed by atoms with E-state index >= 15 is 0 Å². The molecule has 2 aromatic rings. The zero-order chi connectivity index (χ0) is 11.0. The minimum Gasteiger partial charge on any atom is -0.478 e. The van der Waals surface area contributed by atoms with Gasteiger partial charge in [-0.05, 0) is 13.0 Å². The lowest BCUT2D eigenvalue weighted by molar-refractivity contribution is 0.0698. The second-order valence-electron chi connectivity index (χ2n) is 3.26. The number of H-pyrrole nitrogens is 1. The first kappa shape index (κ1) is 9.45. The maximum atomic E-state index is 10.9. The summed E-state index contributed by atoms with van der Waals surface area (Å²) >= 11 is 0. The van der Waals surface area contributed by atoms with Gasteiger partial charge in [-0.2, -0.15) is 10.2 Å². The minimum atomic E-state index is -1.00. The van der Waals surface area contributed by atoms with Crippen LogP contribution in [0.2, 0.25) is 0 Å². The standard InChI is InChI=1S/C9H10N4O2/c1-5-3-7(13(2)12-5)8-6(9(14)15)4-10-11-8/h3-4H,1-2H3,(H,10,11)(H,14,15). The minimum absolute atomic E-state index is 0.151. The highest BCUT2D eigenvalue weighted by Gasteiger charge is 2.16. The number of hydrogen-bond acceptors (Lipinski definition) is 3. The third-order valence-electron chi connectivity index (χ3n) is 2.13. The predicted octanol–water partition coefficient (Wildman–Crippen LogP) is 0.817. The molecule has 0 aliphatic rings. The van der Waals surface area contributed by atoms with Crippen LogP contribution in [-0.4, -0.2) is 31.1 Å². The number of nitrogens with one attached hydrogen (secondary N) is 1. The monoisotopic (exact) mass is 206 g/mol. The lowest BCUT2D eigenvalue weighted by Gasteiger charge is -1.99. The van der Waals surface area contributed by atoms with E-state index in [4.69, 9.17) is 5.11 Å². The Hall–Kier alpha value is -2.11. The van der Waals surface area contributed by atoms with Gasteiger partial charge in [-0.25, -0.2) is 4.79 Å². The summed E-state index contributed by atoms with van der Waals surface area (Å²) in [4.78, 5) is 10.9. The summed E-state index contributed by atoms with van der Waals surface area (Å²) in [7, 11) is 1.76. The number of hydrogen-bond donors (Lipinski definition) is 2. The number of carboxylic acid groups (broad SMARTS) is 1. The van der Waals surface area contributed by atoms with Gasteiger partial charge in [0, 0.05) is 7.05 Å². The molecule has 0 fully saturated rings. The molecule has 2 aromatic heterocycles. The third-order valence-corrected chi connectivity index (χ3v) is 2.13. The molecule has 2 heterocycles. The van der Waals surface area contributed by atoms with Crippen LogP contribution >= 0.6 is 0 Å². The summed E-state index contributed by atoms with van der Waals surface area (Å²) in [6, 6.07) is 1.81. The van der Waals surface area contributed by atoms with Crippen LogP contribution in [0.15, 0.2) is 12.3 Å². The molecule has 15 heavy (non-hydrogen) atoms. The molecule has 0 amide bonds. The number of carboxylic acids is 1. The Morgan fingerprint density at radius 1 is 1.60 bits per heavy atom. The first-order valence-electron chi connectivity index (χ1n) is 4.37. The van der Waals surface area contributed by atoms with Crippen molar-refractivity contribution >= 4 is 5.97 Å². The van der Waals surface area contributed by atoms with Crippen molar-refractivity contribution < 1.29 is 9.90 Å². The van der Waals surface area contributed by atoms with Crippen LogP contribution in [0, 0.1) is 6.92 Å². The molecular weight excluding hydrogens is 196 g/mol. The van der Waals surface area contributed by atoms with Gasteiger partial charge in [-0.1, -0.05) is 0 Å². The van der Waals surface area contributed by atoms with E-state index < -0.39 is 5.97 Å². The molecule has 0 unspecified atom stereocenters. The summed E-state index contributed by atoms with van der Waals surface area (Å²) in [5.41, 5.74) is 2.17. The Morgan fingerprint density at radius 2 is 2.33 bits per heavy atom. The Kier molecular flexibility index (Phi) is 2.03. The van der Waals surface area contributed by atoms with Gasteiger partial charge in [0.15, 0.2) is 0 Å². The molecule has 0 radical (unpaired) electrons. The van der Waals surface area contributed by atoms with Crippen LogP contribution < -0.4 is 0 Å². The van der Waals surface area contributed by atoms with Gasteiger partial charge in [0.2, 0.25) is 0 Å². The summed E-state index contributed by atoms with van der Waals surface area (Å²) in [5.74, 6) is -1.00. The molecule has 6 nitrogen and oxygen atoms in total. The molecule has 0 aromatic carbocycles. The molecular formula is C9H10N4O2. The normalized spacial score (nSPS) is 10.5. The van der Waals surface area contributed by atoms with E-state index in [0.29, 0.717) is 11.4 Å². The summed E-state index contributed by atoms with van der Waals surface area (Å²) < 4.78 is 1.62. The molecule has 0 bridgehead atoms. The fourth-order valence-electron chi connectivity index (χ4n) is 1.49. The maximum Gasteiger partial charge on any atom is 0.339 e. The summed E-state index contributed by atoms with van der Waals surface area (Å²) in [6.07, 6.45) is 1.29. The van der Waals surface area contributed by atoms with Crippen molar-refractivity contribution in [2.24, 2.45) is 7.05 Å². The Bertz CT molecular complexity index is 512. The van der Waals surface area contributed by atoms with Gasteiger partial charge in [0.05, 0.1) is 23.3 Å². The molecule has 0 aliphatic heterocycles. The van der Waals surface area contributed by atoms with Gasteiger partial charge >= 0.3 is 5.97 Å². The predicted molar refractivity (Wildman–Crippen MR) is 52.5 cm³/mol. The molecule has 2 N–H and O–H groups in total. The molecule has 0 atom stereocenters. The number of aromatic amines is 1. The van der Waals surface area contributed by atoms with Crippen LogP contribution in [-0.2, 0) is 7.05 Å². The number of aromatic carboxylic acids is 1.